The number of hydrogen-bond acceptors (Lipinski definition) is 3. The van der Waals surface area contributed by atoms with Crippen molar-refractivity contribution in [3.8, 4) is 11.1 Å². The molecule has 0 bridgehead atoms. The summed E-state index contributed by atoms with van der Waals surface area (Å²) in [5, 5.41) is 2.41. The van der Waals surface area contributed by atoms with E-state index in [2.05, 4.69) is 5.32 Å². The number of anilines is 1. The molecule has 0 spiro atoms. The van der Waals surface area contributed by atoms with Gasteiger partial charge in [-0.2, -0.15) is 0 Å². The number of amides is 1. The van der Waals surface area contributed by atoms with Crippen LogP contribution >= 0.6 is 0 Å². The van der Waals surface area contributed by atoms with Gasteiger partial charge in [-0.1, -0.05) is 66.7 Å². The average molecular weight is 377 g/mol. The van der Waals surface area contributed by atoms with E-state index in [4.69, 9.17) is 4.74 Å². The van der Waals surface area contributed by atoms with Crippen LogP contribution in [0.3, 0.4) is 0 Å². The molecule has 1 amide bonds. The van der Waals surface area contributed by atoms with Crippen LogP contribution < -0.4 is 5.32 Å². The first-order valence-electron chi connectivity index (χ1n) is 8.92. The molecule has 3 rings (SSSR count). The van der Waals surface area contributed by atoms with Gasteiger partial charge in [0.2, 0.25) is 0 Å². The Balaban J connectivity index is 1.54. The molecule has 0 aliphatic rings. The van der Waals surface area contributed by atoms with Crippen molar-refractivity contribution in [2.45, 2.75) is 19.4 Å². The molecule has 0 aliphatic heterocycles. The first-order chi connectivity index (χ1) is 13.5. The third-order valence-electron chi connectivity index (χ3n) is 4.22. The molecule has 5 heteroatoms. The molecule has 28 heavy (non-hydrogen) atoms. The second kappa shape index (κ2) is 8.95. The summed E-state index contributed by atoms with van der Waals surface area (Å²) in [6.45, 7) is 1.45. The SMILES string of the molecule is C[C@@H](OC(=O)Cc1ccc(-c2ccccc2)cc1)C(=O)Nc1ccccc1F. The van der Waals surface area contributed by atoms with E-state index in [9.17, 15) is 14.0 Å². The normalized spacial score (nSPS) is 11.5. The van der Waals surface area contributed by atoms with Crippen LogP contribution in [0.15, 0.2) is 78.9 Å². The fourth-order valence-corrected chi connectivity index (χ4v) is 2.70. The van der Waals surface area contributed by atoms with Gasteiger partial charge in [-0.15, -0.1) is 0 Å². The minimum atomic E-state index is -1.03. The molecule has 142 valence electrons. The Morgan fingerprint density at radius 3 is 2.18 bits per heavy atom. The fourth-order valence-electron chi connectivity index (χ4n) is 2.70. The number of carbonyl (C=O) groups is 2. The van der Waals surface area contributed by atoms with Crippen LogP contribution in [0.25, 0.3) is 11.1 Å². The molecule has 3 aromatic rings. The molecule has 0 heterocycles. The van der Waals surface area contributed by atoms with Crippen molar-refractivity contribution in [1.29, 1.82) is 0 Å². The van der Waals surface area contributed by atoms with Gasteiger partial charge in [0.05, 0.1) is 12.1 Å². The van der Waals surface area contributed by atoms with Crippen molar-refractivity contribution in [1.82, 2.24) is 0 Å². The molecule has 3 aromatic carbocycles. The van der Waals surface area contributed by atoms with Crippen LogP contribution in [0.1, 0.15) is 12.5 Å². The predicted octanol–water partition coefficient (Wildman–Crippen LogP) is 4.61. The number of nitrogens with one attached hydrogen (secondary N) is 1. The number of esters is 1. The molecule has 0 saturated heterocycles. The van der Waals surface area contributed by atoms with E-state index < -0.39 is 23.8 Å². The number of rotatable bonds is 6. The highest BCUT2D eigenvalue weighted by Gasteiger charge is 2.19. The van der Waals surface area contributed by atoms with Crippen LogP contribution in [0, 0.1) is 5.82 Å². The van der Waals surface area contributed by atoms with Crippen molar-refractivity contribution >= 4 is 17.6 Å². The largest absolute Gasteiger partial charge is 0.452 e. The van der Waals surface area contributed by atoms with Crippen LogP contribution in [-0.2, 0) is 20.7 Å². The van der Waals surface area contributed by atoms with Gasteiger partial charge in [-0.05, 0) is 35.7 Å². The number of carbonyl (C=O) groups excluding carboxylic acids is 2. The summed E-state index contributed by atoms with van der Waals surface area (Å²) in [7, 11) is 0. The summed E-state index contributed by atoms with van der Waals surface area (Å²) in [5.74, 6) is -1.66. The number of ether oxygens (including phenoxy) is 1. The number of para-hydroxylation sites is 1. The van der Waals surface area contributed by atoms with Crippen LogP contribution in [0.4, 0.5) is 10.1 Å². The summed E-state index contributed by atoms with van der Waals surface area (Å²) in [5.41, 5.74) is 2.98. The van der Waals surface area contributed by atoms with Crippen LogP contribution in [0.5, 0.6) is 0 Å². The van der Waals surface area contributed by atoms with Crippen molar-refractivity contribution in [3.05, 3.63) is 90.2 Å². The first kappa shape index (κ1) is 19.3. The van der Waals surface area contributed by atoms with Crippen LogP contribution in [-0.4, -0.2) is 18.0 Å². The lowest BCUT2D eigenvalue weighted by Gasteiger charge is -2.14. The quantitative estimate of drug-likeness (QED) is 0.639. The Bertz CT molecular complexity index is 955. The Labute approximate surface area is 163 Å². The van der Waals surface area contributed by atoms with Gasteiger partial charge >= 0.3 is 5.97 Å². The summed E-state index contributed by atoms with van der Waals surface area (Å²) in [6, 6.07) is 23.3. The zero-order valence-corrected chi connectivity index (χ0v) is 15.4. The lowest BCUT2D eigenvalue weighted by Crippen LogP contribution is -2.30. The molecule has 0 unspecified atom stereocenters. The van der Waals surface area contributed by atoms with Gasteiger partial charge in [0.1, 0.15) is 5.82 Å². The lowest BCUT2D eigenvalue weighted by molar-refractivity contribution is -0.152. The zero-order valence-electron chi connectivity index (χ0n) is 15.4. The minimum Gasteiger partial charge on any atom is -0.452 e. The number of halogens is 1. The summed E-state index contributed by atoms with van der Waals surface area (Å²) >= 11 is 0. The Morgan fingerprint density at radius 2 is 1.50 bits per heavy atom. The fraction of sp³-hybridized carbons (Fsp3) is 0.130. The molecular weight excluding hydrogens is 357 g/mol. The van der Waals surface area contributed by atoms with Crippen molar-refractivity contribution in [2.24, 2.45) is 0 Å². The topological polar surface area (TPSA) is 55.4 Å². The van der Waals surface area contributed by atoms with Gasteiger partial charge in [-0.25, -0.2) is 4.39 Å². The second-order valence-corrected chi connectivity index (χ2v) is 6.34. The van der Waals surface area contributed by atoms with Gasteiger partial charge in [-0.3, -0.25) is 9.59 Å². The maximum absolute atomic E-state index is 13.6. The maximum Gasteiger partial charge on any atom is 0.311 e. The van der Waals surface area contributed by atoms with Crippen molar-refractivity contribution in [3.63, 3.8) is 0 Å². The number of benzene rings is 3. The molecule has 1 N–H and O–H groups in total. The first-order valence-corrected chi connectivity index (χ1v) is 8.92. The van der Waals surface area contributed by atoms with Gasteiger partial charge < -0.3 is 10.1 Å². The molecular formula is C23H20FNO3. The molecule has 0 aromatic heterocycles. The highest BCUT2D eigenvalue weighted by Crippen LogP contribution is 2.19. The molecule has 0 fully saturated rings. The Kier molecular flexibility index (Phi) is 6.17. The second-order valence-electron chi connectivity index (χ2n) is 6.34. The zero-order chi connectivity index (χ0) is 19.9. The van der Waals surface area contributed by atoms with E-state index in [0.717, 1.165) is 16.7 Å². The molecule has 1 atom stereocenters. The summed E-state index contributed by atoms with van der Waals surface area (Å²) in [4.78, 5) is 24.2. The smallest absolute Gasteiger partial charge is 0.311 e. The van der Waals surface area contributed by atoms with Gasteiger partial charge in [0.15, 0.2) is 6.10 Å². The van der Waals surface area contributed by atoms with E-state index in [1.165, 1.54) is 25.1 Å². The van der Waals surface area contributed by atoms with Crippen molar-refractivity contribution in [2.75, 3.05) is 5.32 Å². The standard InChI is InChI=1S/C23H20FNO3/c1-16(23(27)25-21-10-6-5-9-20(21)24)28-22(26)15-17-11-13-19(14-12-17)18-7-3-2-4-8-18/h2-14,16H,15H2,1H3,(H,25,27)/t16-/m1/s1. The van der Waals surface area contributed by atoms with E-state index in [1.807, 2.05) is 54.6 Å². The Hall–Kier alpha value is -3.47. The predicted molar refractivity (Wildman–Crippen MR) is 106 cm³/mol. The van der Waals surface area contributed by atoms with E-state index >= 15 is 0 Å². The number of hydrogen-bond donors (Lipinski definition) is 1. The highest BCUT2D eigenvalue weighted by atomic mass is 19.1. The maximum atomic E-state index is 13.6. The molecule has 0 radical (unpaired) electrons. The average Bonchev–Trinajstić information content (AvgIpc) is 2.71. The lowest BCUT2D eigenvalue weighted by atomic mass is 10.0. The molecule has 0 saturated carbocycles. The highest BCUT2D eigenvalue weighted by molar-refractivity contribution is 5.95. The van der Waals surface area contributed by atoms with Crippen molar-refractivity contribution < 1.29 is 18.7 Å². The summed E-state index contributed by atoms with van der Waals surface area (Å²) in [6.07, 6.45) is -0.984. The molecule has 0 aliphatic carbocycles. The third kappa shape index (κ3) is 5.04. The Morgan fingerprint density at radius 1 is 0.893 bits per heavy atom. The van der Waals surface area contributed by atoms with E-state index in [-0.39, 0.29) is 12.1 Å². The van der Waals surface area contributed by atoms with E-state index in [1.54, 1.807) is 6.07 Å². The molecule has 4 nitrogen and oxygen atoms in total. The van der Waals surface area contributed by atoms with Gasteiger partial charge in [0.25, 0.3) is 5.91 Å². The van der Waals surface area contributed by atoms with Crippen LogP contribution in [0.2, 0.25) is 0 Å². The summed E-state index contributed by atoms with van der Waals surface area (Å²) < 4.78 is 18.8. The van der Waals surface area contributed by atoms with E-state index in [0.29, 0.717) is 0 Å². The monoisotopic (exact) mass is 377 g/mol. The third-order valence-corrected chi connectivity index (χ3v) is 4.22. The van der Waals surface area contributed by atoms with Gasteiger partial charge in [0, 0.05) is 0 Å². The minimum absolute atomic E-state index is 0.0480.